The minimum atomic E-state index is -0.915. The lowest BCUT2D eigenvalue weighted by Gasteiger charge is -2.16. The van der Waals surface area contributed by atoms with Gasteiger partial charge in [-0.15, -0.1) is 0 Å². The Bertz CT molecular complexity index is 455. The van der Waals surface area contributed by atoms with Crippen LogP contribution in [0.1, 0.15) is 12.0 Å². The highest BCUT2D eigenvalue weighted by molar-refractivity contribution is 5.99. The summed E-state index contributed by atoms with van der Waals surface area (Å²) in [5.74, 6) is -1.65. The molecule has 0 aromatic heterocycles. The monoisotopic (exact) mass is 249 g/mol. The third-order valence-corrected chi connectivity index (χ3v) is 3.03. The third kappa shape index (κ3) is 2.51. The number of carboxylic acids is 1. The van der Waals surface area contributed by atoms with Crippen LogP contribution in [-0.2, 0) is 20.9 Å². The SMILES string of the molecule is COCc1ccc(N2CC(C(=O)O)CC2=O)cc1. The highest BCUT2D eigenvalue weighted by atomic mass is 16.5. The molecule has 1 atom stereocenters. The van der Waals surface area contributed by atoms with Crippen LogP contribution in [0, 0.1) is 5.92 Å². The van der Waals surface area contributed by atoms with Crippen LogP contribution in [0.4, 0.5) is 5.69 Å². The molecule has 1 aromatic carbocycles. The topological polar surface area (TPSA) is 66.8 Å². The van der Waals surface area contributed by atoms with Gasteiger partial charge >= 0.3 is 5.97 Å². The molecular weight excluding hydrogens is 234 g/mol. The minimum absolute atomic E-state index is 0.0785. The van der Waals surface area contributed by atoms with E-state index < -0.39 is 11.9 Å². The molecule has 1 fully saturated rings. The first-order valence-electron chi connectivity index (χ1n) is 5.73. The average molecular weight is 249 g/mol. The zero-order valence-electron chi connectivity index (χ0n) is 10.1. The Labute approximate surface area is 105 Å². The van der Waals surface area contributed by atoms with Crippen molar-refractivity contribution < 1.29 is 19.4 Å². The smallest absolute Gasteiger partial charge is 0.308 e. The minimum Gasteiger partial charge on any atom is -0.481 e. The summed E-state index contributed by atoms with van der Waals surface area (Å²) in [6, 6.07) is 7.38. The number of carbonyl (C=O) groups is 2. The quantitative estimate of drug-likeness (QED) is 0.872. The molecule has 1 amide bonds. The Morgan fingerprint density at radius 2 is 2.11 bits per heavy atom. The molecule has 5 heteroatoms. The Morgan fingerprint density at radius 3 is 2.61 bits per heavy atom. The number of amides is 1. The normalized spacial score (nSPS) is 19.3. The van der Waals surface area contributed by atoms with E-state index in [1.54, 1.807) is 7.11 Å². The summed E-state index contributed by atoms with van der Waals surface area (Å²) in [6.45, 7) is 0.768. The van der Waals surface area contributed by atoms with Crippen molar-refractivity contribution in [2.75, 3.05) is 18.6 Å². The fourth-order valence-corrected chi connectivity index (χ4v) is 2.06. The van der Waals surface area contributed by atoms with E-state index >= 15 is 0 Å². The molecule has 0 saturated carbocycles. The zero-order valence-corrected chi connectivity index (χ0v) is 10.1. The number of methoxy groups -OCH3 is 1. The van der Waals surface area contributed by atoms with Crippen LogP contribution in [0.3, 0.4) is 0 Å². The molecule has 1 saturated heterocycles. The fourth-order valence-electron chi connectivity index (χ4n) is 2.06. The van der Waals surface area contributed by atoms with Gasteiger partial charge in [0.1, 0.15) is 0 Å². The second-order valence-corrected chi connectivity index (χ2v) is 4.34. The molecule has 1 heterocycles. The van der Waals surface area contributed by atoms with E-state index in [0.29, 0.717) is 6.61 Å². The lowest BCUT2D eigenvalue weighted by atomic mass is 10.1. The molecule has 96 valence electrons. The van der Waals surface area contributed by atoms with Crippen molar-refractivity contribution in [2.24, 2.45) is 5.92 Å². The molecule has 5 nitrogen and oxygen atoms in total. The molecule has 1 aliphatic heterocycles. The lowest BCUT2D eigenvalue weighted by molar-refractivity contribution is -0.141. The molecule has 1 unspecified atom stereocenters. The highest BCUT2D eigenvalue weighted by Crippen LogP contribution is 2.25. The van der Waals surface area contributed by atoms with Gasteiger partial charge in [0.05, 0.1) is 12.5 Å². The van der Waals surface area contributed by atoms with Crippen LogP contribution in [0.5, 0.6) is 0 Å². The highest BCUT2D eigenvalue weighted by Gasteiger charge is 2.34. The first kappa shape index (κ1) is 12.6. The number of hydrogen-bond acceptors (Lipinski definition) is 3. The van der Waals surface area contributed by atoms with Gasteiger partial charge in [0.15, 0.2) is 0 Å². The van der Waals surface area contributed by atoms with Gasteiger partial charge in [-0.05, 0) is 17.7 Å². The number of nitrogens with zero attached hydrogens (tertiary/aromatic N) is 1. The summed E-state index contributed by atoms with van der Waals surface area (Å²) < 4.78 is 5.00. The van der Waals surface area contributed by atoms with Crippen LogP contribution in [0.15, 0.2) is 24.3 Å². The van der Waals surface area contributed by atoms with E-state index in [1.807, 2.05) is 24.3 Å². The Balaban J connectivity index is 2.12. The largest absolute Gasteiger partial charge is 0.481 e. The van der Waals surface area contributed by atoms with E-state index in [1.165, 1.54) is 4.90 Å². The summed E-state index contributed by atoms with van der Waals surface area (Å²) in [6.07, 6.45) is 0.0785. The van der Waals surface area contributed by atoms with E-state index in [9.17, 15) is 9.59 Å². The van der Waals surface area contributed by atoms with Crippen LogP contribution >= 0.6 is 0 Å². The summed E-state index contributed by atoms with van der Waals surface area (Å²) in [5, 5.41) is 8.91. The van der Waals surface area contributed by atoms with Gasteiger partial charge in [0.25, 0.3) is 0 Å². The summed E-state index contributed by atoms with van der Waals surface area (Å²) in [5.41, 5.74) is 1.76. The lowest BCUT2D eigenvalue weighted by Crippen LogP contribution is -2.25. The number of aliphatic carboxylic acids is 1. The van der Waals surface area contributed by atoms with E-state index in [0.717, 1.165) is 11.3 Å². The standard InChI is InChI=1S/C13H15NO4/c1-18-8-9-2-4-11(5-3-9)14-7-10(13(16)17)6-12(14)15/h2-5,10H,6-8H2,1H3,(H,16,17). The molecular formula is C13H15NO4. The fraction of sp³-hybridized carbons (Fsp3) is 0.385. The predicted molar refractivity (Wildman–Crippen MR) is 65.3 cm³/mol. The van der Waals surface area contributed by atoms with Gasteiger partial charge in [-0.3, -0.25) is 9.59 Å². The van der Waals surface area contributed by atoms with Crippen molar-refractivity contribution >= 4 is 17.6 Å². The van der Waals surface area contributed by atoms with Crippen molar-refractivity contribution in [2.45, 2.75) is 13.0 Å². The van der Waals surface area contributed by atoms with Gasteiger partial charge in [0.2, 0.25) is 5.91 Å². The van der Waals surface area contributed by atoms with Crippen molar-refractivity contribution in [3.05, 3.63) is 29.8 Å². The van der Waals surface area contributed by atoms with Crippen LogP contribution in [-0.4, -0.2) is 30.6 Å². The predicted octanol–water partition coefficient (Wildman–Crippen LogP) is 1.27. The van der Waals surface area contributed by atoms with Gasteiger partial charge in [-0.2, -0.15) is 0 Å². The second kappa shape index (κ2) is 5.18. The van der Waals surface area contributed by atoms with E-state index in [-0.39, 0.29) is 18.9 Å². The van der Waals surface area contributed by atoms with Gasteiger partial charge in [-0.1, -0.05) is 12.1 Å². The van der Waals surface area contributed by atoms with Crippen LogP contribution in [0.2, 0.25) is 0 Å². The maximum Gasteiger partial charge on any atom is 0.308 e. The van der Waals surface area contributed by atoms with Crippen LogP contribution in [0.25, 0.3) is 0 Å². The molecule has 0 radical (unpaired) electrons. The Morgan fingerprint density at radius 1 is 1.44 bits per heavy atom. The first-order valence-corrected chi connectivity index (χ1v) is 5.73. The van der Waals surface area contributed by atoms with Crippen molar-refractivity contribution in [3.8, 4) is 0 Å². The van der Waals surface area contributed by atoms with Crippen molar-refractivity contribution in [3.63, 3.8) is 0 Å². The summed E-state index contributed by atoms with van der Waals surface area (Å²) in [7, 11) is 1.62. The summed E-state index contributed by atoms with van der Waals surface area (Å²) >= 11 is 0. The Hall–Kier alpha value is -1.88. The third-order valence-electron chi connectivity index (χ3n) is 3.03. The van der Waals surface area contributed by atoms with Gasteiger partial charge < -0.3 is 14.7 Å². The molecule has 0 bridgehead atoms. The number of ether oxygens (including phenoxy) is 1. The molecule has 1 N–H and O–H groups in total. The molecule has 1 aromatic rings. The number of anilines is 1. The number of carboxylic acid groups (broad SMARTS) is 1. The van der Waals surface area contributed by atoms with Gasteiger partial charge in [-0.25, -0.2) is 0 Å². The van der Waals surface area contributed by atoms with Crippen molar-refractivity contribution in [1.82, 2.24) is 0 Å². The molecule has 2 rings (SSSR count). The zero-order chi connectivity index (χ0) is 13.1. The molecule has 0 aliphatic carbocycles. The first-order chi connectivity index (χ1) is 8.61. The number of rotatable bonds is 4. The maximum absolute atomic E-state index is 11.7. The Kier molecular flexibility index (Phi) is 3.62. The maximum atomic E-state index is 11.7. The number of carbonyl (C=O) groups excluding carboxylic acids is 1. The van der Waals surface area contributed by atoms with Gasteiger partial charge in [0, 0.05) is 25.8 Å². The average Bonchev–Trinajstić information content (AvgIpc) is 2.73. The molecule has 18 heavy (non-hydrogen) atoms. The molecule has 0 spiro atoms. The van der Waals surface area contributed by atoms with Crippen LogP contribution < -0.4 is 4.90 Å². The van der Waals surface area contributed by atoms with E-state index in [2.05, 4.69) is 0 Å². The molecule has 1 aliphatic rings. The van der Waals surface area contributed by atoms with Crippen molar-refractivity contribution in [1.29, 1.82) is 0 Å². The second-order valence-electron chi connectivity index (χ2n) is 4.34. The summed E-state index contributed by atoms with van der Waals surface area (Å²) in [4.78, 5) is 24.1. The number of hydrogen-bond donors (Lipinski definition) is 1. The van der Waals surface area contributed by atoms with E-state index in [4.69, 9.17) is 9.84 Å². The number of benzene rings is 1.